The zero-order chi connectivity index (χ0) is 29.7. The number of nitrogens with zero attached hydrogens (tertiary/aromatic N) is 2. The smallest absolute Gasteiger partial charge is 0.257 e. The van der Waals surface area contributed by atoms with Crippen LogP contribution in [0, 0.1) is 17.6 Å². The number of fused-ring (bicyclic) bond motifs is 1. The molecule has 4 rings (SSSR count). The van der Waals surface area contributed by atoms with Crippen LogP contribution >= 0.6 is 0 Å². The van der Waals surface area contributed by atoms with Gasteiger partial charge in [-0.15, -0.1) is 0 Å². The Kier molecular flexibility index (Phi) is 9.34. The molecule has 10 heteroatoms. The number of carbonyl (C=O) groups excluding carboxylic acids is 3. The van der Waals surface area contributed by atoms with Crippen molar-refractivity contribution in [3.63, 3.8) is 0 Å². The number of nitrogens with one attached hydrogen (secondary N) is 1. The Bertz CT molecular complexity index is 1400. The summed E-state index contributed by atoms with van der Waals surface area (Å²) < 4.78 is 38.6. The fraction of sp³-hybridized carbons (Fsp3) is 0.323. The minimum atomic E-state index is -0.461. The van der Waals surface area contributed by atoms with E-state index in [1.54, 1.807) is 31.2 Å². The number of ether oxygens (including phenoxy) is 2. The van der Waals surface area contributed by atoms with Crippen molar-refractivity contribution in [2.24, 2.45) is 5.92 Å². The maximum atomic E-state index is 13.6. The third-order valence-corrected chi connectivity index (χ3v) is 7.16. The first-order chi connectivity index (χ1) is 19.6. The van der Waals surface area contributed by atoms with Crippen LogP contribution in [0.1, 0.15) is 44.9 Å². The van der Waals surface area contributed by atoms with Crippen molar-refractivity contribution in [3.8, 4) is 5.75 Å². The van der Waals surface area contributed by atoms with Gasteiger partial charge in [0.25, 0.3) is 17.7 Å². The molecule has 0 aliphatic carbocycles. The number of likely N-dealkylation sites (N-methyl/N-ethyl adjacent to an activating group) is 1. The Labute approximate surface area is 237 Å². The monoisotopic (exact) mass is 565 g/mol. The van der Waals surface area contributed by atoms with E-state index in [9.17, 15) is 23.2 Å². The highest BCUT2D eigenvalue weighted by atomic mass is 19.1. The number of rotatable bonds is 4. The van der Waals surface area contributed by atoms with E-state index in [1.807, 2.05) is 13.8 Å². The Hall–Kier alpha value is -4.31. The van der Waals surface area contributed by atoms with Crippen LogP contribution in [0.4, 0.5) is 14.5 Å². The molecule has 0 fully saturated rings. The topological polar surface area (TPSA) is 88.2 Å². The summed E-state index contributed by atoms with van der Waals surface area (Å²) in [5, 5.41) is 2.74. The molecule has 8 nitrogen and oxygen atoms in total. The standard InChI is InChI=1S/C31H33F2N3O5/c1-19-16-36(30(38)22-7-11-24(33)12-8-22)20(2)18-41-27-14-13-25(34-29(37)21-5-9-23(32)10-6-21)15-26(27)31(39)35(3)17-28(19)40-4/h5-15,19-20,28H,16-18H2,1-4H3,(H,34,37)/t19-,20+,28+/m0/s1. The van der Waals surface area contributed by atoms with Crippen molar-refractivity contribution < 1.29 is 32.6 Å². The van der Waals surface area contributed by atoms with Crippen molar-refractivity contribution in [1.82, 2.24) is 9.80 Å². The summed E-state index contributed by atoms with van der Waals surface area (Å²) >= 11 is 0. The molecule has 0 bridgehead atoms. The molecule has 1 N–H and O–H groups in total. The molecule has 1 aliphatic rings. The van der Waals surface area contributed by atoms with Gasteiger partial charge in [0.05, 0.1) is 17.7 Å². The Morgan fingerprint density at radius 3 is 2.15 bits per heavy atom. The Morgan fingerprint density at radius 2 is 1.54 bits per heavy atom. The molecule has 41 heavy (non-hydrogen) atoms. The molecule has 216 valence electrons. The zero-order valence-electron chi connectivity index (χ0n) is 23.4. The summed E-state index contributed by atoms with van der Waals surface area (Å²) in [7, 11) is 3.20. The zero-order valence-corrected chi connectivity index (χ0v) is 23.4. The van der Waals surface area contributed by atoms with Gasteiger partial charge in [0.2, 0.25) is 0 Å². The van der Waals surface area contributed by atoms with Gasteiger partial charge in [0, 0.05) is 50.0 Å². The molecule has 0 spiro atoms. The highest BCUT2D eigenvalue weighted by Gasteiger charge is 2.31. The lowest BCUT2D eigenvalue weighted by Crippen LogP contribution is -2.48. The van der Waals surface area contributed by atoms with Gasteiger partial charge in [0.15, 0.2) is 0 Å². The maximum Gasteiger partial charge on any atom is 0.257 e. The first-order valence-electron chi connectivity index (χ1n) is 13.3. The van der Waals surface area contributed by atoms with Crippen molar-refractivity contribution in [3.05, 3.63) is 95.1 Å². The third-order valence-electron chi connectivity index (χ3n) is 7.16. The molecule has 0 saturated carbocycles. The number of hydrogen-bond acceptors (Lipinski definition) is 5. The Morgan fingerprint density at radius 1 is 0.927 bits per heavy atom. The van der Waals surface area contributed by atoms with E-state index in [4.69, 9.17) is 9.47 Å². The van der Waals surface area contributed by atoms with Crippen molar-refractivity contribution in [1.29, 1.82) is 0 Å². The molecule has 0 unspecified atom stereocenters. The molecule has 3 amide bonds. The number of amides is 3. The van der Waals surface area contributed by atoms with E-state index >= 15 is 0 Å². The van der Waals surface area contributed by atoms with E-state index in [0.29, 0.717) is 17.8 Å². The van der Waals surface area contributed by atoms with Crippen LogP contribution in [0.2, 0.25) is 0 Å². The van der Waals surface area contributed by atoms with E-state index in [0.717, 1.165) is 0 Å². The van der Waals surface area contributed by atoms with Crippen LogP contribution in [-0.4, -0.2) is 73.5 Å². The highest BCUT2D eigenvalue weighted by Crippen LogP contribution is 2.27. The molecule has 0 saturated heterocycles. The average Bonchev–Trinajstić information content (AvgIpc) is 2.97. The SMILES string of the molecule is CO[C@@H]1CN(C)C(=O)c2cc(NC(=O)c3ccc(F)cc3)ccc2OC[C@@H](C)N(C(=O)c2ccc(F)cc2)C[C@@H]1C. The molecule has 0 aromatic heterocycles. The van der Waals surface area contributed by atoms with Gasteiger partial charge in [-0.2, -0.15) is 0 Å². The molecule has 3 aromatic carbocycles. The third kappa shape index (κ3) is 7.07. The second-order valence-electron chi connectivity index (χ2n) is 10.2. The maximum absolute atomic E-state index is 13.6. The highest BCUT2D eigenvalue weighted by molar-refractivity contribution is 6.05. The fourth-order valence-electron chi connectivity index (χ4n) is 4.70. The number of benzene rings is 3. The van der Waals surface area contributed by atoms with Gasteiger partial charge in [0.1, 0.15) is 24.0 Å². The van der Waals surface area contributed by atoms with E-state index < -0.39 is 29.7 Å². The first-order valence-corrected chi connectivity index (χ1v) is 13.3. The first kappa shape index (κ1) is 29.7. The fourth-order valence-corrected chi connectivity index (χ4v) is 4.70. The van der Waals surface area contributed by atoms with Crippen molar-refractivity contribution >= 4 is 23.4 Å². The second-order valence-corrected chi connectivity index (χ2v) is 10.2. The van der Waals surface area contributed by atoms with Gasteiger partial charge in [-0.25, -0.2) is 8.78 Å². The van der Waals surface area contributed by atoms with Crippen LogP contribution in [0.25, 0.3) is 0 Å². The van der Waals surface area contributed by atoms with Gasteiger partial charge in [-0.3, -0.25) is 14.4 Å². The second kappa shape index (κ2) is 12.9. The largest absolute Gasteiger partial charge is 0.491 e. The molecule has 1 aliphatic heterocycles. The minimum Gasteiger partial charge on any atom is -0.491 e. The van der Waals surface area contributed by atoms with E-state index in [2.05, 4.69) is 5.32 Å². The van der Waals surface area contributed by atoms with E-state index in [-0.39, 0.29) is 47.8 Å². The van der Waals surface area contributed by atoms with Gasteiger partial charge >= 0.3 is 0 Å². The number of halogens is 2. The minimum absolute atomic E-state index is 0.0720. The average molecular weight is 566 g/mol. The van der Waals surface area contributed by atoms with Gasteiger partial charge in [-0.1, -0.05) is 6.92 Å². The van der Waals surface area contributed by atoms with Gasteiger partial charge in [-0.05, 0) is 73.7 Å². The van der Waals surface area contributed by atoms with Crippen LogP contribution in [0.3, 0.4) is 0 Å². The molecule has 0 radical (unpaired) electrons. The van der Waals surface area contributed by atoms with Crippen LogP contribution in [0.5, 0.6) is 5.75 Å². The molecular weight excluding hydrogens is 532 g/mol. The summed E-state index contributed by atoms with van der Waals surface area (Å²) in [4.78, 5) is 43.0. The number of hydrogen-bond donors (Lipinski definition) is 1. The summed E-state index contributed by atoms with van der Waals surface area (Å²) in [6.07, 6.45) is -0.398. The predicted molar refractivity (Wildman–Crippen MR) is 150 cm³/mol. The molecule has 1 heterocycles. The number of anilines is 1. The summed E-state index contributed by atoms with van der Waals surface area (Å²) in [5.41, 5.74) is 1.18. The normalized spacial score (nSPS) is 19.9. The lowest BCUT2D eigenvalue weighted by Gasteiger charge is -2.36. The summed E-state index contributed by atoms with van der Waals surface area (Å²) in [6, 6.07) is 14.8. The molecule has 3 atom stereocenters. The van der Waals surface area contributed by atoms with Crippen molar-refractivity contribution in [2.45, 2.75) is 26.0 Å². The lowest BCUT2D eigenvalue weighted by molar-refractivity contribution is 0.0111. The summed E-state index contributed by atoms with van der Waals surface area (Å²) in [6.45, 7) is 4.40. The number of methoxy groups -OCH3 is 1. The molecule has 3 aromatic rings. The van der Waals surface area contributed by atoms with Crippen molar-refractivity contribution in [2.75, 3.05) is 39.2 Å². The summed E-state index contributed by atoms with van der Waals surface area (Å²) in [5.74, 6) is -1.84. The van der Waals surface area contributed by atoms with Crippen LogP contribution < -0.4 is 10.1 Å². The van der Waals surface area contributed by atoms with Crippen LogP contribution in [-0.2, 0) is 4.74 Å². The lowest BCUT2D eigenvalue weighted by atomic mass is 10.0. The number of carbonyl (C=O) groups is 3. The van der Waals surface area contributed by atoms with Crippen LogP contribution in [0.15, 0.2) is 66.7 Å². The quantitative estimate of drug-likeness (QED) is 0.488. The Balaban J connectivity index is 1.65. The van der Waals surface area contributed by atoms with Gasteiger partial charge < -0.3 is 24.6 Å². The molecular formula is C31H33F2N3O5. The predicted octanol–water partition coefficient (Wildman–Crippen LogP) is 4.86. The van der Waals surface area contributed by atoms with E-state index in [1.165, 1.54) is 59.5 Å².